The molecule has 1 saturated heterocycles. The summed E-state index contributed by atoms with van der Waals surface area (Å²) in [5, 5.41) is 2.97. The van der Waals surface area contributed by atoms with Gasteiger partial charge in [0.05, 0.1) is 0 Å². The van der Waals surface area contributed by atoms with E-state index in [4.69, 9.17) is 0 Å². The molecule has 1 aromatic carbocycles. The number of nitrogens with one attached hydrogen (secondary N) is 1. The second kappa shape index (κ2) is 7.56. The molecular weight excluding hydrogens is 334 g/mol. The van der Waals surface area contributed by atoms with Gasteiger partial charge in [0.2, 0.25) is 5.91 Å². The number of carbonyl (C=O) groups excluding carboxylic acids is 2. The van der Waals surface area contributed by atoms with Crippen molar-refractivity contribution in [2.24, 2.45) is 0 Å². The molecule has 2 rings (SSSR count). The van der Waals surface area contributed by atoms with Crippen molar-refractivity contribution in [2.45, 2.75) is 6.42 Å². The van der Waals surface area contributed by atoms with E-state index in [1.807, 2.05) is 41.1 Å². The van der Waals surface area contributed by atoms with Crippen LogP contribution >= 0.6 is 15.9 Å². The smallest absolute Gasteiger partial charge is 0.253 e. The first-order chi connectivity index (χ1) is 10.1. The Balaban J connectivity index is 1.87. The lowest BCUT2D eigenvalue weighted by Crippen LogP contribution is -2.50. The van der Waals surface area contributed by atoms with E-state index in [1.54, 1.807) is 0 Å². The molecule has 0 saturated carbocycles. The Bertz CT molecular complexity index is 496. The number of hydrogen-bond acceptors (Lipinski definition) is 3. The van der Waals surface area contributed by atoms with Crippen molar-refractivity contribution in [2.75, 3.05) is 39.8 Å². The van der Waals surface area contributed by atoms with E-state index in [9.17, 15) is 9.59 Å². The van der Waals surface area contributed by atoms with E-state index >= 15 is 0 Å². The molecule has 0 spiro atoms. The molecule has 0 aliphatic carbocycles. The largest absolute Gasteiger partial charge is 0.339 e. The monoisotopic (exact) mass is 353 g/mol. The van der Waals surface area contributed by atoms with Crippen LogP contribution in [0.4, 0.5) is 0 Å². The Morgan fingerprint density at radius 3 is 2.24 bits per heavy atom. The first-order valence-electron chi connectivity index (χ1n) is 7.09. The molecule has 0 atom stereocenters. The van der Waals surface area contributed by atoms with Crippen molar-refractivity contribution in [1.82, 2.24) is 15.1 Å². The van der Waals surface area contributed by atoms with Gasteiger partial charge in [-0.3, -0.25) is 9.59 Å². The van der Waals surface area contributed by atoms with Crippen molar-refractivity contribution in [3.05, 3.63) is 34.3 Å². The van der Waals surface area contributed by atoms with Crippen LogP contribution in [0.1, 0.15) is 16.8 Å². The molecule has 0 unspecified atom stereocenters. The van der Waals surface area contributed by atoms with Crippen LogP contribution in [0.2, 0.25) is 0 Å². The number of amides is 2. The Labute approximate surface area is 133 Å². The Morgan fingerprint density at radius 2 is 1.67 bits per heavy atom. The minimum Gasteiger partial charge on any atom is -0.339 e. The first-order valence-corrected chi connectivity index (χ1v) is 7.88. The van der Waals surface area contributed by atoms with Crippen LogP contribution in [0.3, 0.4) is 0 Å². The van der Waals surface area contributed by atoms with Gasteiger partial charge in [-0.25, -0.2) is 0 Å². The van der Waals surface area contributed by atoms with Crippen molar-refractivity contribution in [1.29, 1.82) is 0 Å². The van der Waals surface area contributed by atoms with Crippen LogP contribution < -0.4 is 5.32 Å². The molecule has 0 radical (unpaired) electrons. The summed E-state index contributed by atoms with van der Waals surface area (Å²) in [6.07, 6.45) is 0.511. The van der Waals surface area contributed by atoms with Gasteiger partial charge >= 0.3 is 0 Å². The van der Waals surface area contributed by atoms with E-state index < -0.39 is 0 Å². The average Bonchev–Trinajstić information content (AvgIpc) is 2.53. The van der Waals surface area contributed by atoms with Gasteiger partial charge < -0.3 is 15.1 Å². The summed E-state index contributed by atoms with van der Waals surface area (Å²) in [5.41, 5.74) is 0.688. The van der Waals surface area contributed by atoms with Crippen LogP contribution in [0, 0.1) is 0 Å². The minimum absolute atomic E-state index is 0.0322. The lowest BCUT2D eigenvalue weighted by Gasteiger charge is -2.35. The highest BCUT2D eigenvalue weighted by atomic mass is 79.9. The summed E-state index contributed by atoms with van der Waals surface area (Å²) in [5.74, 6) is 0.185. The SMILES string of the molecule is CNCCC(=O)N1CCN(C(=O)c2ccc(Br)cc2)CC1. The minimum atomic E-state index is 0.0322. The molecular formula is C15H20BrN3O2. The van der Waals surface area contributed by atoms with Crippen LogP contribution in [-0.4, -0.2) is 61.4 Å². The molecule has 0 bridgehead atoms. The van der Waals surface area contributed by atoms with Crippen molar-refractivity contribution >= 4 is 27.7 Å². The van der Waals surface area contributed by atoms with Crippen molar-refractivity contribution in [3.8, 4) is 0 Å². The molecule has 1 aliphatic rings. The fourth-order valence-corrected chi connectivity index (χ4v) is 2.59. The van der Waals surface area contributed by atoms with E-state index in [1.165, 1.54) is 0 Å². The van der Waals surface area contributed by atoms with Gasteiger partial charge in [0.1, 0.15) is 0 Å². The zero-order chi connectivity index (χ0) is 15.2. The van der Waals surface area contributed by atoms with Gasteiger partial charge in [-0.2, -0.15) is 0 Å². The van der Waals surface area contributed by atoms with Crippen molar-refractivity contribution in [3.63, 3.8) is 0 Å². The average molecular weight is 354 g/mol. The third-order valence-electron chi connectivity index (χ3n) is 3.60. The van der Waals surface area contributed by atoms with Gasteiger partial charge in [-0.1, -0.05) is 15.9 Å². The number of halogens is 1. The predicted molar refractivity (Wildman–Crippen MR) is 85.2 cm³/mol. The summed E-state index contributed by atoms with van der Waals surface area (Å²) >= 11 is 3.36. The molecule has 21 heavy (non-hydrogen) atoms. The van der Waals surface area contributed by atoms with E-state index in [2.05, 4.69) is 21.2 Å². The number of rotatable bonds is 4. The summed E-state index contributed by atoms with van der Waals surface area (Å²) in [4.78, 5) is 27.9. The van der Waals surface area contributed by atoms with Gasteiger partial charge in [-0.05, 0) is 31.3 Å². The maximum absolute atomic E-state index is 12.4. The van der Waals surface area contributed by atoms with Crippen LogP contribution in [0.25, 0.3) is 0 Å². The Hall–Kier alpha value is -1.40. The number of piperazine rings is 1. The standard InChI is InChI=1S/C15H20BrN3O2/c1-17-7-6-14(20)18-8-10-19(11-9-18)15(21)12-2-4-13(16)5-3-12/h2-5,17H,6-11H2,1H3. The molecule has 2 amide bonds. The van der Waals surface area contributed by atoms with Crippen LogP contribution in [0.15, 0.2) is 28.7 Å². The van der Waals surface area contributed by atoms with E-state index in [0.717, 1.165) is 4.47 Å². The highest BCUT2D eigenvalue weighted by Gasteiger charge is 2.24. The summed E-state index contributed by atoms with van der Waals surface area (Å²) in [6, 6.07) is 7.36. The Morgan fingerprint density at radius 1 is 1.10 bits per heavy atom. The number of benzene rings is 1. The van der Waals surface area contributed by atoms with Gasteiger partial charge in [0.25, 0.3) is 5.91 Å². The van der Waals surface area contributed by atoms with E-state index in [-0.39, 0.29) is 11.8 Å². The second-order valence-corrected chi connectivity index (χ2v) is 5.95. The summed E-state index contributed by atoms with van der Waals surface area (Å²) in [6.45, 7) is 3.12. The van der Waals surface area contributed by atoms with E-state index in [0.29, 0.717) is 44.7 Å². The molecule has 6 heteroatoms. The number of nitrogens with zero attached hydrogens (tertiary/aromatic N) is 2. The van der Waals surface area contributed by atoms with Crippen LogP contribution in [0.5, 0.6) is 0 Å². The third kappa shape index (κ3) is 4.28. The molecule has 1 heterocycles. The van der Waals surface area contributed by atoms with Crippen molar-refractivity contribution < 1.29 is 9.59 Å². The number of hydrogen-bond donors (Lipinski definition) is 1. The Kier molecular flexibility index (Phi) is 5.76. The zero-order valence-corrected chi connectivity index (χ0v) is 13.7. The number of carbonyl (C=O) groups is 2. The topological polar surface area (TPSA) is 52.7 Å². The van der Waals surface area contributed by atoms with Crippen LogP contribution in [-0.2, 0) is 4.79 Å². The third-order valence-corrected chi connectivity index (χ3v) is 4.13. The summed E-state index contributed by atoms with van der Waals surface area (Å²) in [7, 11) is 1.84. The maximum Gasteiger partial charge on any atom is 0.253 e. The second-order valence-electron chi connectivity index (χ2n) is 5.03. The van der Waals surface area contributed by atoms with Gasteiger partial charge in [-0.15, -0.1) is 0 Å². The fraction of sp³-hybridized carbons (Fsp3) is 0.467. The molecule has 0 aromatic heterocycles. The molecule has 114 valence electrons. The molecule has 1 aliphatic heterocycles. The lowest BCUT2D eigenvalue weighted by atomic mass is 10.2. The highest BCUT2D eigenvalue weighted by Crippen LogP contribution is 2.14. The lowest BCUT2D eigenvalue weighted by molar-refractivity contribution is -0.132. The molecule has 1 N–H and O–H groups in total. The summed E-state index contributed by atoms with van der Waals surface area (Å²) < 4.78 is 0.957. The quantitative estimate of drug-likeness (QED) is 0.888. The normalized spacial score (nSPS) is 15.1. The van der Waals surface area contributed by atoms with Gasteiger partial charge in [0.15, 0.2) is 0 Å². The molecule has 1 aromatic rings. The van der Waals surface area contributed by atoms with Gasteiger partial charge in [0, 0.05) is 49.2 Å². The zero-order valence-electron chi connectivity index (χ0n) is 12.1. The molecule has 5 nitrogen and oxygen atoms in total. The molecule has 1 fully saturated rings. The fourth-order valence-electron chi connectivity index (χ4n) is 2.32. The predicted octanol–water partition coefficient (Wildman–Crippen LogP) is 1.34. The first kappa shape index (κ1) is 16.0. The maximum atomic E-state index is 12.4. The highest BCUT2D eigenvalue weighted by molar-refractivity contribution is 9.10.